The molecule has 0 bridgehead atoms. The molecule has 0 aliphatic heterocycles. The summed E-state index contributed by atoms with van der Waals surface area (Å²) in [7, 11) is 0. The van der Waals surface area contributed by atoms with E-state index in [1.165, 1.54) is 11.1 Å². The second-order valence-electron chi connectivity index (χ2n) is 3.86. The Morgan fingerprint density at radius 1 is 1.47 bits per heavy atom. The second kappa shape index (κ2) is 6.09. The molecule has 0 aliphatic rings. The summed E-state index contributed by atoms with van der Waals surface area (Å²) in [4.78, 5) is 0. The van der Waals surface area contributed by atoms with Gasteiger partial charge in [0.1, 0.15) is 0 Å². The van der Waals surface area contributed by atoms with Crippen molar-refractivity contribution in [3.63, 3.8) is 0 Å². The molecular formula is C13H18BrN. The maximum Gasteiger partial charge on any atom is 0.0207 e. The Hall–Kier alpha value is -0.600. The molecule has 0 aromatic heterocycles. The minimum absolute atomic E-state index is 0.177. The van der Waals surface area contributed by atoms with E-state index >= 15 is 0 Å². The van der Waals surface area contributed by atoms with Crippen molar-refractivity contribution >= 4 is 15.9 Å². The molecule has 82 valence electrons. The van der Waals surface area contributed by atoms with E-state index in [0.29, 0.717) is 0 Å². The summed E-state index contributed by atoms with van der Waals surface area (Å²) in [5.74, 6) is 0. The molecule has 0 saturated carbocycles. The van der Waals surface area contributed by atoms with Crippen LogP contribution in [0.25, 0.3) is 0 Å². The number of rotatable bonds is 5. The molecule has 2 N–H and O–H groups in total. The van der Waals surface area contributed by atoms with Crippen LogP contribution in [0.5, 0.6) is 0 Å². The fourth-order valence-electron chi connectivity index (χ4n) is 1.53. The molecule has 2 heteroatoms. The molecule has 0 radical (unpaired) electrons. The third-order valence-corrected chi connectivity index (χ3v) is 3.26. The predicted octanol–water partition coefficient (Wildman–Crippen LogP) is 3.68. The van der Waals surface area contributed by atoms with E-state index < -0.39 is 0 Å². The molecule has 0 saturated heterocycles. The third-order valence-electron chi connectivity index (χ3n) is 2.49. The van der Waals surface area contributed by atoms with Gasteiger partial charge in [-0.1, -0.05) is 53.2 Å². The largest absolute Gasteiger partial charge is 0.327 e. The minimum Gasteiger partial charge on any atom is -0.327 e. The standard InChI is InChI=1S/C13H18BrN/c1-3-10(2)8-12(15)9-11-6-4-5-7-13(11)14/h4-7,12H,2-3,8-9,15H2,1H3. The van der Waals surface area contributed by atoms with Crippen LogP contribution in [0.15, 0.2) is 40.9 Å². The molecule has 1 aromatic rings. The molecule has 0 aliphatic carbocycles. The molecule has 1 unspecified atom stereocenters. The Morgan fingerprint density at radius 3 is 2.73 bits per heavy atom. The molecule has 1 nitrogen and oxygen atoms in total. The molecule has 1 aromatic carbocycles. The summed E-state index contributed by atoms with van der Waals surface area (Å²) in [5.41, 5.74) is 8.57. The smallest absolute Gasteiger partial charge is 0.0207 e. The van der Waals surface area contributed by atoms with Crippen molar-refractivity contribution in [2.75, 3.05) is 0 Å². The maximum atomic E-state index is 6.07. The van der Waals surface area contributed by atoms with Crippen molar-refractivity contribution in [1.29, 1.82) is 0 Å². The van der Waals surface area contributed by atoms with Crippen LogP contribution in [-0.4, -0.2) is 6.04 Å². The zero-order chi connectivity index (χ0) is 11.3. The van der Waals surface area contributed by atoms with Crippen molar-refractivity contribution < 1.29 is 0 Å². The van der Waals surface area contributed by atoms with E-state index in [1.807, 2.05) is 12.1 Å². The highest BCUT2D eigenvalue weighted by atomic mass is 79.9. The third kappa shape index (κ3) is 4.18. The number of halogens is 1. The van der Waals surface area contributed by atoms with Crippen molar-refractivity contribution in [3.8, 4) is 0 Å². The molecule has 0 fully saturated rings. The number of hydrogen-bond donors (Lipinski definition) is 1. The van der Waals surface area contributed by atoms with E-state index in [9.17, 15) is 0 Å². The van der Waals surface area contributed by atoms with Crippen LogP contribution in [-0.2, 0) is 6.42 Å². The lowest BCUT2D eigenvalue weighted by Crippen LogP contribution is -2.23. The molecule has 0 spiro atoms. The van der Waals surface area contributed by atoms with Gasteiger partial charge >= 0.3 is 0 Å². The van der Waals surface area contributed by atoms with Gasteiger partial charge in [0, 0.05) is 10.5 Å². The van der Waals surface area contributed by atoms with Crippen LogP contribution in [0.3, 0.4) is 0 Å². The zero-order valence-corrected chi connectivity index (χ0v) is 10.8. The van der Waals surface area contributed by atoms with Crippen molar-refractivity contribution in [2.45, 2.75) is 32.2 Å². The molecular weight excluding hydrogens is 250 g/mol. The summed E-state index contributed by atoms with van der Waals surface area (Å²) < 4.78 is 1.14. The number of hydrogen-bond acceptors (Lipinski definition) is 1. The monoisotopic (exact) mass is 267 g/mol. The Labute approximate surface area is 101 Å². The van der Waals surface area contributed by atoms with E-state index in [2.05, 4.69) is 41.6 Å². The molecule has 15 heavy (non-hydrogen) atoms. The van der Waals surface area contributed by atoms with E-state index in [4.69, 9.17) is 5.73 Å². The fourth-order valence-corrected chi connectivity index (χ4v) is 1.98. The van der Waals surface area contributed by atoms with Gasteiger partial charge in [0.05, 0.1) is 0 Å². The predicted molar refractivity (Wildman–Crippen MR) is 69.9 cm³/mol. The summed E-state index contributed by atoms with van der Waals surface area (Å²) in [6.07, 6.45) is 2.84. The summed E-state index contributed by atoms with van der Waals surface area (Å²) >= 11 is 3.53. The zero-order valence-electron chi connectivity index (χ0n) is 9.17. The lowest BCUT2D eigenvalue weighted by Gasteiger charge is -2.13. The van der Waals surface area contributed by atoms with Gasteiger partial charge in [-0.3, -0.25) is 0 Å². The number of nitrogens with two attached hydrogens (primary N) is 1. The van der Waals surface area contributed by atoms with E-state index in [0.717, 1.165) is 23.7 Å². The maximum absolute atomic E-state index is 6.07. The second-order valence-corrected chi connectivity index (χ2v) is 4.72. The van der Waals surface area contributed by atoms with Gasteiger partial charge in [0.2, 0.25) is 0 Å². The summed E-state index contributed by atoms with van der Waals surface area (Å²) in [6.45, 7) is 6.10. The van der Waals surface area contributed by atoms with Gasteiger partial charge in [-0.05, 0) is 30.9 Å². The molecule has 1 atom stereocenters. The highest BCUT2D eigenvalue weighted by molar-refractivity contribution is 9.10. The highest BCUT2D eigenvalue weighted by Gasteiger charge is 2.07. The lowest BCUT2D eigenvalue weighted by atomic mass is 9.99. The molecule has 0 heterocycles. The van der Waals surface area contributed by atoms with Crippen molar-refractivity contribution in [1.82, 2.24) is 0 Å². The van der Waals surface area contributed by atoms with Gasteiger partial charge < -0.3 is 5.73 Å². The summed E-state index contributed by atoms with van der Waals surface area (Å²) in [5, 5.41) is 0. The average molecular weight is 268 g/mol. The first-order valence-electron chi connectivity index (χ1n) is 5.29. The Balaban J connectivity index is 2.55. The van der Waals surface area contributed by atoms with Crippen LogP contribution < -0.4 is 5.73 Å². The number of benzene rings is 1. The van der Waals surface area contributed by atoms with Gasteiger partial charge in [0.15, 0.2) is 0 Å². The van der Waals surface area contributed by atoms with E-state index in [-0.39, 0.29) is 6.04 Å². The topological polar surface area (TPSA) is 26.0 Å². The SMILES string of the molecule is C=C(CC)CC(N)Cc1ccccc1Br. The lowest BCUT2D eigenvalue weighted by molar-refractivity contribution is 0.649. The van der Waals surface area contributed by atoms with Crippen LogP contribution >= 0.6 is 15.9 Å². The van der Waals surface area contributed by atoms with Crippen LogP contribution in [0, 0.1) is 0 Å². The molecule has 0 amide bonds. The van der Waals surface area contributed by atoms with Crippen molar-refractivity contribution in [2.24, 2.45) is 5.73 Å². The van der Waals surface area contributed by atoms with Crippen LogP contribution in [0.4, 0.5) is 0 Å². The van der Waals surface area contributed by atoms with Gasteiger partial charge in [-0.25, -0.2) is 0 Å². The highest BCUT2D eigenvalue weighted by Crippen LogP contribution is 2.18. The van der Waals surface area contributed by atoms with Gasteiger partial charge in [-0.2, -0.15) is 0 Å². The normalized spacial score (nSPS) is 12.5. The quantitative estimate of drug-likeness (QED) is 0.810. The van der Waals surface area contributed by atoms with Crippen LogP contribution in [0.2, 0.25) is 0 Å². The molecule has 1 rings (SSSR count). The first-order chi connectivity index (χ1) is 7.13. The Morgan fingerprint density at radius 2 is 2.13 bits per heavy atom. The minimum atomic E-state index is 0.177. The van der Waals surface area contributed by atoms with Crippen molar-refractivity contribution in [3.05, 3.63) is 46.5 Å². The van der Waals surface area contributed by atoms with Gasteiger partial charge in [-0.15, -0.1) is 0 Å². The Kier molecular flexibility index (Phi) is 5.06. The van der Waals surface area contributed by atoms with Crippen LogP contribution in [0.1, 0.15) is 25.3 Å². The first kappa shape index (κ1) is 12.5. The summed E-state index contributed by atoms with van der Waals surface area (Å²) in [6, 6.07) is 8.40. The fraction of sp³-hybridized carbons (Fsp3) is 0.385. The average Bonchev–Trinajstić information content (AvgIpc) is 2.21. The first-order valence-corrected chi connectivity index (χ1v) is 6.08. The van der Waals surface area contributed by atoms with E-state index in [1.54, 1.807) is 0 Å². The Bertz CT molecular complexity index is 333. The van der Waals surface area contributed by atoms with Gasteiger partial charge in [0.25, 0.3) is 0 Å².